The van der Waals surface area contributed by atoms with Gasteiger partial charge in [-0.05, 0) is 25.7 Å². The first-order valence-electron chi connectivity index (χ1n) is 2.32. The number of hydrogen-bond acceptors (Lipinski definition) is 1. The highest BCUT2D eigenvalue weighted by atomic mass is 31.0. The van der Waals surface area contributed by atoms with E-state index in [0.29, 0.717) is 0 Å². The number of guanidine groups is 1. The second kappa shape index (κ2) is 5.27. The van der Waals surface area contributed by atoms with Gasteiger partial charge in [0, 0.05) is 6.54 Å². The van der Waals surface area contributed by atoms with Crippen LogP contribution in [0.5, 0.6) is 0 Å². The molecule has 0 aliphatic rings. The second-order valence-electron chi connectivity index (χ2n) is 1.11. The van der Waals surface area contributed by atoms with Crippen LogP contribution < -0.4 is 10.2 Å². The normalized spacial score (nSPS) is 7.88. The minimum atomic E-state index is 0.766. The van der Waals surface area contributed by atoms with Crippen LogP contribution in [0.1, 0.15) is 6.92 Å². The number of nitrogens with zero attached hydrogens (tertiary/aromatic N) is 1. The number of nitrogens with one attached hydrogen (secondary N) is 2. The standard InChI is InChI=1S/C3H11N3P2/c1-2-4-3(5-7)6-8/h2,7-8H2,1H3,(H2,4,5,6). The fourth-order valence-corrected chi connectivity index (χ4v) is 0.807. The molecule has 2 N–H and O–H groups in total. The van der Waals surface area contributed by atoms with Crippen LogP contribution in [0.25, 0.3) is 0 Å². The van der Waals surface area contributed by atoms with Gasteiger partial charge in [-0.1, -0.05) is 0 Å². The van der Waals surface area contributed by atoms with Crippen molar-refractivity contribution in [1.82, 2.24) is 10.2 Å². The van der Waals surface area contributed by atoms with Gasteiger partial charge in [-0.15, -0.1) is 0 Å². The third-order valence-corrected chi connectivity index (χ3v) is 1.14. The molecule has 0 amide bonds. The summed E-state index contributed by atoms with van der Waals surface area (Å²) in [6, 6.07) is 0. The molecule has 0 saturated heterocycles. The predicted molar refractivity (Wildman–Crippen MR) is 43.7 cm³/mol. The molecule has 0 aliphatic heterocycles. The van der Waals surface area contributed by atoms with Crippen molar-refractivity contribution < 1.29 is 0 Å². The number of aliphatic imine (C=N–C) groups is 1. The van der Waals surface area contributed by atoms with Crippen LogP contribution in [0.4, 0.5) is 0 Å². The maximum Gasteiger partial charge on any atom is 0.197 e. The van der Waals surface area contributed by atoms with Gasteiger partial charge < -0.3 is 10.2 Å². The molecule has 0 aromatic carbocycles. The molecule has 0 heterocycles. The summed E-state index contributed by atoms with van der Waals surface area (Å²) in [4.78, 5) is 4.01. The molecule has 3 nitrogen and oxygen atoms in total. The summed E-state index contributed by atoms with van der Waals surface area (Å²) >= 11 is 0. The lowest BCUT2D eigenvalue weighted by Gasteiger charge is -2.00. The van der Waals surface area contributed by atoms with Gasteiger partial charge in [-0.3, -0.25) is 4.99 Å². The van der Waals surface area contributed by atoms with Gasteiger partial charge in [0.2, 0.25) is 0 Å². The largest absolute Gasteiger partial charge is 0.341 e. The Labute approximate surface area is 54.2 Å². The lowest BCUT2D eigenvalue weighted by Crippen LogP contribution is -2.23. The first kappa shape index (κ1) is 8.13. The molecule has 0 fully saturated rings. The Hall–Kier alpha value is 0.130. The van der Waals surface area contributed by atoms with Crippen LogP contribution in [0.2, 0.25) is 0 Å². The zero-order valence-corrected chi connectivity index (χ0v) is 7.12. The van der Waals surface area contributed by atoms with E-state index in [-0.39, 0.29) is 0 Å². The highest BCUT2D eigenvalue weighted by molar-refractivity contribution is 7.17. The van der Waals surface area contributed by atoms with E-state index in [4.69, 9.17) is 0 Å². The minimum absolute atomic E-state index is 0.766. The van der Waals surface area contributed by atoms with E-state index in [2.05, 4.69) is 33.9 Å². The van der Waals surface area contributed by atoms with E-state index >= 15 is 0 Å². The molecule has 0 aromatic rings. The Bertz CT molecular complexity index is 76.6. The molecule has 0 radical (unpaired) electrons. The van der Waals surface area contributed by atoms with Crippen molar-refractivity contribution in [3.8, 4) is 0 Å². The highest BCUT2D eigenvalue weighted by Gasteiger charge is 1.82. The van der Waals surface area contributed by atoms with E-state index in [1.54, 1.807) is 0 Å². The SMILES string of the molecule is CCN=C(NP)NP. The smallest absolute Gasteiger partial charge is 0.197 e. The molecule has 8 heavy (non-hydrogen) atoms. The lowest BCUT2D eigenvalue weighted by atomic mass is 10.8. The molecule has 2 atom stereocenters. The third kappa shape index (κ3) is 3.17. The predicted octanol–water partition coefficient (Wildman–Crippen LogP) is 0.122. The zero-order chi connectivity index (χ0) is 6.41. The van der Waals surface area contributed by atoms with E-state index in [1.807, 2.05) is 6.92 Å². The van der Waals surface area contributed by atoms with Crippen molar-refractivity contribution in [2.24, 2.45) is 4.99 Å². The maximum atomic E-state index is 4.01. The fraction of sp³-hybridized carbons (Fsp3) is 0.667. The summed E-state index contributed by atoms with van der Waals surface area (Å²) in [5.74, 6) is 0.766. The quantitative estimate of drug-likeness (QED) is 0.317. The van der Waals surface area contributed by atoms with Crippen LogP contribution in [0.15, 0.2) is 4.99 Å². The first-order chi connectivity index (χ1) is 3.85. The molecule has 0 aliphatic carbocycles. The van der Waals surface area contributed by atoms with Crippen molar-refractivity contribution in [3.63, 3.8) is 0 Å². The van der Waals surface area contributed by atoms with Crippen molar-refractivity contribution in [2.45, 2.75) is 6.92 Å². The number of hydrogen-bond donors (Lipinski definition) is 2. The monoisotopic (exact) mass is 151 g/mol. The van der Waals surface area contributed by atoms with Crippen molar-refractivity contribution in [3.05, 3.63) is 0 Å². The van der Waals surface area contributed by atoms with Crippen LogP contribution in [-0.4, -0.2) is 12.5 Å². The Morgan fingerprint density at radius 2 is 2.00 bits per heavy atom. The van der Waals surface area contributed by atoms with Crippen LogP contribution in [0, 0.1) is 0 Å². The summed E-state index contributed by atoms with van der Waals surface area (Å²) in [6.07, 6.45) is 0. The minimum Gasteiger partial charge on any atom is -0.341 e. The third-order valence-electron chi connectivity index (χ3n) is 0.590. The van der Waals surface area contributed by atoms with E-state index in [9.17, 15) is 0 Å². The molecule has 48 valence electrons. The van der Waals surface area contributed by atoms with Crippen LogP contribution >= 0.6 is 18.8 Å². The fourth-order valence-electron chi connectivity index (χ4n) is 0.291. The molecular weight excluding hydrogens is 140 g/mol. The van der Waals surface area contributed by atoms with Gasteiger partial charge in [0.05, 0.1) is 0 Å². The van der Waals surface area contributed by atoms with Crippen LogP contribution in [0.3, 0.4) is 0 Å². The molecular formula is C3H11N3P2. The van der Waals surface area contributed by atoms with E-state index in [1.165, 1.54) is 0 Å². The Morgan fingerprint density at radius 1 is 1.50 bits per heavy atom. The van der Waals surface area contributed by atoms with Gasteiger partial charge in [0.25, 0.3) is 0 Å². The summed E-state index contributed by atoms with van der Waals surface area (Å²) < 4.78 is 0. The average Bonchev–Trinajstić information content (AvgIpc) is 1.83. The van der Waals surface area contributed by atoms with Gasteiger partial charge >= 0.3 is 0 Å². The van der Waals surface area contributed by atoms with Crippen LogP contribution in [-0.2, 0) is 0 Å². The molecule has 0 saturated carbocycles. The summed E-state index contributed by atoms with van der Waals surface area (Å²) in [6.45, 7) is 2.77. The Balaban J connectivity index is 3.49. The van der Waals surface area contributed by atoms with Crippen molar-refractivity contribution in [1.29, 1.82) is 0 Å². The molecule has 2 unspecified atom stereocenters. The number of rotatable bonds is 1. The zero-order valence-electron chi connectivity index (χ0n) is 4.81. The van der Waals surface area contributed by atoms with Gasteiger partial charge in [0.15, 0.2) is 5.96 Å². The molecule has 0 bridgehead atoms. The first-order valence-corrected chi connectivity index (χ1v) is 3.48. The van der Waals surface area contributed by atoms with E-state index in [0.717, 1.165) is 12.5 Å². The molecule has 0 rings (SSSR count). The van der Waals surface area contributed by atoms with E-state index < -0.39 is 0 Å². The van der Waals surface area contributed by atoms with Gasteiger partial charge in [-0.2, -0.15) is 0 Å². The van der Waals surface area contributed by atoms with Crippen molar-refractivity contribution in [2.75, 3.05) is 6.54 Å². The van der Waals surface area contributed by atoms with Gasteiger partial charge in [-0.25, -0.2) is 0 Å². The maximum absolute atomic E-state index is 4.01. The summed E-state index contributed by atoms with van der Waals surface area (Å²) in [5.41, 5.74) is 0. The second-order valence-corrected chi connectivity index (χ2v) is 1.69. The topological polar surface area (TPSA) is 36.4 Å². The molecule has 0 aromatic heterocycles. The Kier molecular flexibility index (Phi) is 5.36. The molecule has 5 heteroatoms. The Morgan fingerprint density at radius 3 is 2.12 bits per heavy atom. The molecule has 0 spiro atoms. The van der Waals surface area contributed by atoms with Crippen molar-refractivity contribution >= 4 is 24.7 Å². The summed E-state index contributed by atoms with van der Waals surface area (Å²) in [5, 5.41) is 5.57. The van der Waals surface area contributed by atoms with Gasteiger partial charge in [0.1, 0.15) is 0 Å². The lowest BCUT2D eigenvalue weighted by molar-refractivity contribution is 1.09. The summed E-state index contributed by atoms with van der Waals surface area (Å²) in [7, 11) is 4.71. The average molecular weight is 151 g/mol. The highest BCUT2D eigenvalue weighted by Crippen LogP contribution is 1.77.